The quantitative estimate of drug-likeness (QED) is 0.794. The SMILES string of the molecule is CC(=O)N(C(=O)C1CC(=O)N(Cc2ccc3c(c2)OCO3)C1)c1cccc(N)c1. The Balaban J connectivity index is 1.49. The van der Waals surface area contributed by atoms with Crippen LogP contribution in [0.1, 0.15) is 18.9 Å². The molecule has 150 valence electrons. The number of imide groups is 1. The van der Waals surface area contributed by atoms with Gasteiger partial charge in [0.05, 0.1) is 11.6 Å². The molecular formula is C21H21N3O5. The molecule has 0 aliphatic carbocycles. The van der Waals surface area contributed by atoms with E-state index in [1.807, 2.05) is 12.1 Å². The molecule has 2 N–H and O–H groups in total. The van der Waals surface area contributed by atoms with Gasteiger partial charge in [0.15, 0.2) is 11.5 Å². The highest BCUT2D eigenvalue weighted by Crippen LogP contribution is 2.33. The van der Waals surface area contributed by atoms with E-state index in [0.29, 0.717) is 29.4 Å². The highest BCUT2D eigenvalue weighted by molar-refractivity contribution is 6.15. The summed E-state index contributed by atoms with van der Waals surface area (Å²) in [5.74, 6) is -0.217. The summed E-state index contributed by atoms with van der Waals surface area (Å²) in [5, 5.41) is 0. The first kappa shape index (κ1) is 18.8. The lowest BCUT2D eigenvalue weighted by atomic mass is 10.1. The fraction of sp³-hybridized carbons (Fsp3) is 0.286. The minimum Gasteiger partial charge on any atom is -0.454 e. The van der Waals surface area contributed by atoms with Crippen molar-refractivity contribution in [2.75, 3.05) is 24.0 Å². The number of amides is 3. The van der Waals surface area contributed by atoms with Gasteiger partial charge in [0, 0.05) is 32.1 Å². The fourth-order valence-electron chi connectivity index (χ4n) is 3.66. The summed E-state index contributed by atoms with van der Waals surface area (Å²) in [7, 11) is 0. The predicted octanol–water partition coefficient (Wildman–Crippen LogP) is 1.93. The van der Waals surface area contributed by atoms with Crippen molar-refractivity contribution in [3.8, 4) is 11.5 Å². The van der Waals surface area contributed by atoms with Crippen LogP contribution >= 0.6 is 0 Å². The fourth-order valence-corrected chi connectivity index (χ4v) is 3.66. The maximum Gasteiger partial charge on any atom is 0.239 e. The lowest BCUT2D eigenvalue weighted by molar-refractivity contribution is -0.130. The molecule has 2 aliphatic heterocycles. The van der Waals surface area contributed by atoms with E-state index < -0.39 is 17.7 Å². The largest absolute Gasteiger partial charge is 0.454 e. The zero-order valence-electron chi connectivity index (χ0n) is 16.0. The van der Waals surface area contributed by atoms with Crippen LogP contribution in [0.15, 0.2) is 42.5 Å². The molecule has 2 aliphatic rings. The molecule has 2 aromatic carbocycles. The molecule has 2 heterocycles. The van der Waals surface area contributed by atoms with Gasteiger partial charge in [-0.25, -0.2) is 0 Å². The van der Waals surface area contributed by atoms with Gasteiger partial charge in [-0.2, -0.15) is 0 Å². The first-order valence-corrected chi connectivity index (χ1v) is 9.29. The van der Waals surface area contributed by atoms with E-state index in [-0.39, 0.29) is 25.7 Å². The Kier molecular flexibility index (Phi) is 4.84. The summed E-state index contributed by atoms with van der Waals surface area (Å²) in [5.41, 5.74) is 7.53. The van der Waals surface area contributed by atoms with Gasteiger partial charge in [-0.3, -0.25) is 19.3 Å². The molecule has 0 spiro atoms. The summed E-state index contributed by atoms with van der Waals surface area (Å²) < 4.78 is 10.7. The van der Waals surface area contributed by atoms with Gasteiger partial charge in [-0.15, -0.1) is 0 Å². The van der Waals surface area contributed by atoms with Crippen LogP contribution in [0, 0.1) is 5.92 Å². The number of rotatable bonds is 4. The lowest BCUT2D eigenvalue weighted by Gasteiger charge is -2.23. The molecule has 29 heavy (non-hydrogen) atoms. The molecule has 0 bridgehead atoms. The van der Waals surface area contributed by atoms with Crippen LogP contribution in [0.5, 0.6) is 11.5 Å². The smallest absolute Gasteiger partial charge is 0.239 e. The number of likely N-dealkylation sites (tertiary alicyclic amines) is 1. The number of nitrogen functional groups attached to an aromatic ring is 1. The maximum absolute atomic E-state index is 13.0. The minimum atomic E-state index is -0.596. The van der Waals surface area contributed by atoms with Crippen molar-refractivity contribution in [2.24, 2.45) is 5.92 Å². The van der Waals surface area contributed by atoms with Crippen molar-refractivity contribution >= 4 is 29.1 Å². The number of nitrogens with zero attached hydrogens (tertiary/aromatic N) is 2. The van der Waals surface area contributed by atoms with Crippen LogP contribution in [-0.4, -0.2) is 36.0 Å². The van der Waals surface area contributed by atoms with Crippen molar-refractivity contribution in [2.45, 2.75) is 19.9 Å². The Morgan fingerprint density at radius 1 is 1.17 bits per heavy atom. The summed E-state index contributed by atoms with van der Waals surface area (Å²) in [6, 6.07) is 12.1. The van der Waals surface area contributed by atoms with Gasteiger partial charge < -0.3 is 20.1 Å². The Morgan fingerprint density at radius 3 is 2.72 bits per heavy atom. The van der Waals surface area contributed by atoms with E-state index in [9.17, 15) is 14.4 Å². The van der Waals surface area contributed by atoms with Crippen LogP contribution in [0.25, 0.3) is 0 Å². The van der Waals surface area contributed by atoms with E-state index in [1.54, 1.807) is 35.2 Å². The Morgan fingerprint density at radius 2 is 1.97 bits per heavy atom. The Hall–Kier alpha value is -3.55. The summed E-state index contributed by atoms with van der Waals surface area (Å²) in [6.07, 6.45) is 0.0650. The second kappa shape index (κ2) is 7.46. The topological polar surface area (TPSA) is 102 Å². The number of benzene rings is 2. The molecule has 0 radical (unpaired) electrons. The number of carbonyl (C=O) groups is 3. The number of nitrogens with two attached hydrogens (primary N) is 1. The summed E-state index contributed by atoms with van der Waals surface area (Å²) in [6.45, 7) is 2.11. The van der Waals surface area contributed by atoms with E-state index in [1.165, 1.54) is 6.92 Å². The molecule has 1 atom stereocenters. The summed E-state index contributed by atoms with van der Waals surface area (Å²) >= 11 is 0. The molecule has 1 unspecified atom stereocenters. The highest BCUT2D eigenvalue weighted by Gasteiger charge is 2.38. The van der Waals surface area contributed by atoms with Crippen LogP contribution in [0.4, 0.5) is 11.4 Å². The predicted molar refractivity (Wildman–Crippen MR) is 105 cm³/mol. The van der Waals surface area contributed by atoms with Crippen LogP contribution in [0.3, 0.4) is 0 Å². The highest BCUT2D eigenvalue weighted by atomic mass is 16.7. The van der Waals surface area contributed by atoms with Crippen LogP contribution < -0.4 is 20.1 Å². The number of ether oxygens (including phenoxy) is 2. The van der Waals surface area contributed by atoms with Crippen molar-refractivity contribution in [1.29, 1.82) is 0 Å². The van der Waals surface area contributed by atoms with E-state index >= 15 is 0 Å². The number of anilines is 2. The first-order chi connectivity index (χ1) is 13.9. The molecule has 8 heteroatoms. The zero-order chi connectivity index (χ0) is 20.5. The lowest BCUT2D eigenvalue weighted by Crippen LogP contribution is -2.40. The molecule has 0 saturated carbocycles. The van der Waals surface area contributed by atoms with Gasteiger partial charge in [-0.05, 0) is 35.9 Å². The van der Waals surface area contributed by atoms with E-state index in [4.69, 9.17) is 15.2 Å². The molecule has 1 fully saturated rings. The zero-order valence-corrected chi connectivity index (χ0v) is 16.0. The summed E-state index contributed by atoms with van der Waals surface area (Å²) in [4.78, 5) is 40.4. The van der Waals surface area contributed by atoms with Gasteiger partial charge in [0.25, 0.3) is 0 Å². The van der Waals surface area contributed by atoms with Crippen molar-refractivity contribution in [3.63, 3.8) is 0 Å². The molecule has 8 nitrogen and oxygen atoms in total. The van der Waals surface area contributed by atoms with Crippen LogP contribution in [0.2, 0.25) is 0 Å². The molecule has 1 saturated heterocycles. The molecule has 0 aromatic heterocycles. The third kappa shape index (κ3) is 3.73. The average molecular weight is 395 g/mol. The van der Waals surface area contributed by atoms with Crippen molar-refractivity contribution in [3.05, 3.63) is 48.0 Å². The standard InChI is InChI=1S/C21H21N3O5/c1-13(25)24(17-4-2-3-16(22)9-17)21(27)15-8-20(26)23(11-15)10-14-5-6-18-19(7-14)29-12-28-18/h2-7,9,15H,8,10-12,22H2,1H3. The molecule has 2 aromatic rings. The normalized spacial score (nSPS) is 17.5. The molecule has 3 amide bonds. The minimum absolute atomic E-state index is 0.0650. The van der Waals surface area contributed by atoms with Gasteiger partial charge in [0.2, 0.25) is 24.5 Å². The first-order valence-electron chi connectivity index (χ1n) is 9.29. The Bertz CT molecular complexity index is 990. The number of fused-ring (bicyclic) bond motifs is 1. The average Bonchev–Trinajstić information content (AvgIpc) is 3.28. The van der Waals surface area contributed by atoms with Crippen LogP contribution in [-0.2, 0) is 20.9 Å². The maximum atomic E-state index is 13.0. The second-order valence-electron chi connectivity index (χ2n) is 7.15. The van der Waals surface area contributed by atoms with Crippen molar-refractivity contribution in [1.82, 2.24) is 4.90 Å². The number of hydrogen-bond donors (Lipinski definition) is 1. The second-order valence-corrected chi connectivity index (χ2v) is 7.15. The van der Waals surface area contributed by atoms with Gasteiger partial charge in [0.1, 0.15) is 0 Å². The van der Waals surface area contributed by atoms with E-state index in [2.05, 4.69) is 0 Å². The van der Waals surface area contributed by atoms with Gasteiger partial charge in [-0.1, -0.05) is 12.1 Å². The van der Waals surface area contributed by atoms with Gasteiger partial charge >= 0.3 is 0 Å². The Labute approximate surface area is 167 Å². The monoisotopic (exact) mass is 395 g/mol. The molecule has 4 rings (SSSR count). The molecular weight excluding hydrogens is 374 g/mol. The third-order valence-electron chi connectivity index (χ3n) is 5.04. The third-order valence-corrected chi connectivity index (χ3v) is 5.04. The number of carbonyl (C=O) groups excluding carboxylic acids is 3. The van der Waals surface area contributed by atoms with E-state index in [0.717, 1.165) is 10.5 Å². The van der Waals surface area contributed by atoms with Crippen molar-refractivity contribution < 1.29 is 23.9 Å². The number of hydrogen-bond acceptors (Lipinski definition) is 6.